The summed E-state index contributed by atoms with van der Waals surface area (Å²) >= 11 is 0. The normalized spacial score (nSPS) is 12.1. The molecule has 0 saturated carbocycles. The van der Waals surface area contributed by atoms with Crippen molar-refractivity contribution in [2.24, 2.45) is 0 Å². The molecule has 1 atom stereocenters. The van der Waals surface area contributed by atoms with Crippen molar-refractivity contribution in [1.82, 2.24) is 15.0 Å². The number of aryl methyl sites for hydroxylation is 1. The van der Waals surface area contributed by atoms with Crippen LogP contribution >= 0.6 is 0 Å². The first-order valence-corrected chi connectivity index (χ1v) is 7.25. The van der Waals surface area contributed by atoms with E-state index >= 15 is 0 Å². The Morgan fingerprint density at radius 1 is 1.43 bits per heavy atom. The average Bonchev–Trinajstić information content (AvgIpc) is 2.97. The van der Waals surface area contributed by atoms with Gasteiger partial charge in [-0.15, -0.1) is 0 Å². The first kappa shape index (κ1) is 15.0. The van der Waals surface area contributed by atoms with Gasteiger partial charge in [-0.05, 0) is 19.9 Å². The number of nitrogens with one attached hydrogen (secondary N) is 1. The number of H-pyrrole nitrogens is 1. The van der Waals surface area contributed by atoms with Gasteiger partial charge < -0.3 is 14.8 Å². The van der Waals surface area contributed by atoms with E-state index in [4.69, 9.17) is 10.00 Å². The van der Waals surface area contributed by atoms with Crippen molar-refractivity contribution in [2.75, 3.05) is 6.61 Å². The lowest BCUT2D eigenvalue weighted by Gasteiger charge is -2.09. The maximum Gasteiger partial charge on any atom is 0.235 e. The predicted octanol–water partition coefficient (Wildman–Crippen LogP) is 2.56. The standard InChI is InChI=1S/C17H16N4O2/c1-10(22)9-23-17-11(2)21-15(8-20-17)14-7-19-16-12(6-18)4-3-5-13(14)16/h3-5,7-8,10,19,22H,9H2,1-2H3. The number of para-hydroxylation sites is 1. The van der Waals surface area contributed by atoms with E-state index in [2.05, 4.69) is 21.0 Å². The summed E-state index contributed by atoms with van der Waals surface area (Å²) in [6, 6.07) is 7.73. The van der Waals surface area contributed by atoms with Crippen LogP contribution in [0.25, 0.3) is 22.2 Å². The number of benzene rings is 1. The summed E-state index contributed by atoms with van der Waals surface area (Å²) < 4.78 is 5.42. The third kappa shape index (κ3) is 2.87. The van der Waals surface area contributed by atoms with Crippen molar-refractivity contribution >= 4 is 10.9 Å². The van der Waals surface area contributed by atoms with Crippen molar-refractivity contribution in [2.45, 2.75) is 20.0 Å². The zero-order valence-corrected chi connectivity index (χ0v) is 12.9. The number of ether oxygens (including phenoxy) is 1. The molecule has 0 fully saturated rings. The zero-order valence-electron chi connectivity index (χ0n) is 12.9. The summed E-state index contributed by atoms with van der Waals surface area (Å²) in [6.07, 6.45) is 2.89. The molecular formula is C17H16N4O2. The smallest absolute Gasteiger partial charge is 0.235 e. The quantitative estimate of drug-likeness (QED) is 0.772. The van der Waals surface area contributed by atoms with Gasteiger partial charge in [0.2, 0.25) is 5.88 Å². The van der Waals surface area contributed by atoms with Crippen LogP contribution in [0.3, 0.4) is 0 Å². The van der Waals surface area contributed by atoms with Crippen LogP contribution in [0.5, 0.6) is 5.88 Å². The van der Waals surface area contributed by atoms with Crippen LogP contribution in [0.2, 0.25) is 0 Å². The van der Waals surface area contributed by atoms with Crippen LogP contribution in [0.15, 0.2) is 30.6 Å². The van der Waals surface area contributed by atoms with Crippen molar-refractivity contribution < 1.29 is 9.84 Å². The Balaban J connectivity index is 2.00. The van der Waals surface area contributed by atoms with Gasteiger partial charge in [-0.25, -0.2) is 9.97 Å². The highest BCUT2D eigenvalue weighted by atomic mass is 16.5. The van der Waals surface area contributed by atoms with Crippen LogP contribution in [0.4, 0.5) is 0 Å². The lowest BCUT2D eigenvalue weighted by atomic mass is 10.1. The van der Waals surface area contributed by atoms with Gasteiger partial charge in [0.15, 0.2) is 0 Å². The number of nitrogens with zero attached hydrogens (tertiary/aromatic N) is 3. The number of aromatic nitrogens is 3. The van der Waals surface area contributed by atoms with Gasteiger partial charge in [0.25, 0.3) is 0 Å². The minimum Gasteiger partial charge on any atom is -0.474 e. The molecular weight excluding hydrogens is 292 g/mol. The number of fused-ring (bicyclic) bond motifs is 1. The molecule has 1 aromatic carbocycles. The minimum atomic E-state index is -0.561. The van der Waals surface area contributed by atoms with Crippen molar-refractivity contribution in [3.8, 4) is 23.2 Å². The molecule has 1 unspecified atom stereocenters. The summed E-state index contributed by atoms with van der Waals surface area (Å²) in [4.78, 5) is 11.9. The number of nitriles is 1. The third-order valence-electron chi connectivity index (χ3n) is 3.47. The van der Waals surface area contributed by atoms with Crippen LogP contribution in [-0.4, -0.2) is 32.8 Å². The fraction of sp³-hybridized carbons (Fsp3) is 0.235. The Labute approximate surface area is 133 Å². The van der Waals surface area contributed by atoms with Gasteiger partial charge in [-0.1, -0.05) is 12.1 Å². The molecule has 0 bridgehead atoms. The number of hydrogen-bond acceptors (Lipinski definition) is 5. The summed E-state index contributed by atoms with van der Waals surface area (Å²) in [6.45, 7) is 3.63. The van der Waals surface area contributed by atoms with Crippen LogP contribution in [0.1, 0.15) is 18.2 Å². The Morgan fingerprint density at radius 2 is 2.26 bits per heavy atom. The number of aliphatic hydroxyl groups is 1. The SMILES string of the molecule is Cc1nc(-c2c[nH]c3c(C#N)cccc23)cnc1OCC(C)O. The molecule has 6 heteroatoms. The Hall–Kier alpha value is -2.91. The molecule has 2 heterocycles. The molecule has 0 amide bonds. The molecule has 3 aromatic rings. The molecule has 6 nitrogen and oxygen atoms in total. The van der Waals surface area contributed by atoms with Gasteiger partial charge >= 0.3 is 0 Å². The number of aliphatic hydroxyl groups excluding tert-OH is 1. The number of hydrogen-bond donors (Lipinski definition) is 2. The summed E-state index contributed by atoms with van der Waals surface area (Å²) in [5.41, 5.74) is 3.62. The van der Waals surface area contributed by atoms with E-state index in [0.717, 1.165) is 16.5 Å². The molecule has 116 valence electrons. The van der Waals surface area contributed by atoms with Gasteiger partial charge in [-0.2, -0.15) is 5.26 Å². The van der Waals surface area contributed by atoms with Gasteiger partial charge in [0.1, 0.15) is 18.4 Å². The van der Waals surface area contributed by atoms with Crippen molar-refractivity contribution in [3.63, 3.8) is 0 Å². The van der Waals surface area contributed by atoms with E-state index in [1.165, 1.54) is 0 Å². The molecule has 23 heavy (non-hydrogen) atoms. The molecule has 2 N–H and O–H groups in total. The summed E-state index contributed by atoms with van der Waals surface area (Å²) in [5.74, 6) is 0.409. The van der Waals surface area contributed by atoms with Gasteiger partial charge in [0.05, 0.1) is 29.1 Å². The van der Waals surface area contributed by atoms with E-state index < -0.39 is 6.10 Å². The molecule has 0 aliphatic heterocycles. The summed E-state index contributed by atoms with van der Waals surface area (Å²) in [7, 11) is 0. The highest BCUT2D eigenvalue weighted by Gasteiger charge is 2.13. The Morgan fingerprint density at radius 3 is 2.96 bits per heavy atom. The monoisotopic (exact) mass is 308 g/mol. The second-order valence-electron chi connectivity index (χ2n) is 5.35. The van der Waals surface area contributed by atoms with E-state index in [-0.39, 0.29) is 6.61 Å². The van der Waals surface area contributed by atoms with Gasteiger partial charge in [-0.3, -0.25) is 0 Å². The molecule has 0 spiro atoms. The van der Waals surface area contributed by atoms with E-state index in [9.17, 15) is 5.11 Å². The van der Waals surface area contributed by atoms with Crippen molar-refractivity contribution in [1.29, 1.82) is 5.26 Å². The highest BCUT2D eigenvalue weighted by Crippen LogP contribution is 2.29. The predicted molar refractivity (Wildman–Crippen MR) is 86.0 cm³/mol. The molecule has 0 radical (unpaired) electrons. The summed E-state index contributed by atoms with van der Waals surface area (Å²) in [5, 5.41) is 19.4. The lowest BCUT2D eigenvalue weighted by Crippen LogP contribution is -2.14. The van der Waals surface area contributed by atoms with E-state index in [1.807, 2.05) is 25.3 Å². The topological polar surface area (TPSA) is 94.8 Å². The van der Waals surface area contributed by atoms with E-state index in [0.29, 0.717) is 22.8 Å². The fourth-order valence-electron chi connectivity index (χ4n) is 2.40. The van der Waals surface area contributed by atoms with Gasteiger partial charge in [0, 0.05) is 17.1 Å². The van der Waals surface area contributed by atoms with Crippen LogP contribution in [0, 0.1) is 18.3 Å². The van der Waals surface area contributed by atoms with Crippen LogP contribution < -0.4 is 4.74 Å². The third-order valence-corrected chi connectivity index (χ3v) is 3.47. The minimum absolute atomic E-state index is 0.174. The lowest BCUT2D eigenvalue weighted by molar-refractivity contribution is 0.119. The second-order valence-corrected chi connectivity index (χ2v) is 5.35. The zero-order chi connectivity index (χ0) is 16.4. The molecule has 0 saturated heterocycles. The Bertz CT molecular complexity index is 893. The number of rotatable bonds is 4. The fourth-order valence-corrected chi connectivity index (χ4v) is 2.40. The maximum atomic E-state index is 9.27. The maximum absolute atomic E-state index is 9.27. The Kier molecular flexibility index (Phi) is 3.96. The first-order chi connectivity index (χ1) is 11.1. The molecule has 0 aliphatic carbocycles. The van der Waals surface area contributed by atoms with E-state index in [1.54, 1.807) is 19.2 Å². The van der Waals surface area contributed by atoms with Crippen molar-refractivity contribution in [3.05, 3.63) is 41.9 Å². The molecule has 0 aliphatic rings. The largest absolute Gasteiger partial charge is 0.474 e. The second kappa shape index (κ2) is 6.07. The average molecular weight is 308 g/mol. The highest BCUT2D eigenvalue weighted by molar-refractivity contribution is 5.97. The number of aromatic amines is 1. The molecule has 3 rings (SSSR count). The van der Waals surface area contributed by atoms with Crippen LogP contribution in [-0.2, 0) is 0 Å². The molecule has 2 aromatic heterocycles. The first-order valence-electron chi connectivity index (χ1n) is 7.25.